The van der Waals surface area contributed by atoms with Gasteiger partial charge in [0.25, 0.3) is 0 Å². The van der Waals surface area contributed by atoms with Gasteiger partial charge in [-0.05, 0) is 12.8 Å². The molecule has 23 heavy (non-hydrogen) atoms. The molecule has 0 unspecified atom stereocenters. The van der Waals surface area contributed by atoms with Gasteiger partial charge in [0.15, 0.2) is 17.0 Å². The summed E-state index contributed by atoms with van der Waals surface area (Å²) < 4.78 is 7.49. The fraction of sp³-hybridized carbons (Fsp3) is 0.667. The molecule has 0 bridgehead atoms. The molecule has 0 aromatic carbocycles. The quantitative estimate of drug-likeness (QED) is 0.766. The third-order valence-corrected chi connectivity index (χ3v) is 4.75. The Morgan fingerprint density at radius 1 is 1.26 bits per heavy atom. The smallest absolute Gasteiger partial charge is 0.167 e. The highest BCUT2D eigenvalue weighted by atomic mass is 16.5. The molecular weight excluding hydrogens is 298 g/mol. The van der Waals surface area contributed by atoms with E-state index in [1.807, 2.05) is 0 Å². The number of rotatable bonds is 4. The van der Waals surface area contributed by atoms with E-state index in [1.165, 1.54) is 19.2 Å². The van der Waals surface area contributed by atoms with E-state index in [1.54, 1.807) is 10.9 Å². The number of anilines is 1. The summed E-state index contributed by atoms with van der Waals surface area (Å²) in [7, 11) is 0. The summed E-state index contributed by atoms with van der Waals surface area (Å²) in [5, 5.41) is 22.6. The fourth-order valence-electron chi connectivity index (χ4n) is 3.48. The first-order valence-corrected chi connectivity index (χ1v) is 8.14. The standard InChI is InChI=1S/C15H21N5O3/c21-6-11-10(22)5-12(23-11)20-8-18-13-14(16-7-17-15(13)20)19-9-3-1-2-4-9/h7-12,21-22H,1-6H2,(H,16,17,19)/t10-,11+,12+/m0/s1. The summed E-state index contributed by atoms with van der Waals surface area (Å²) in [4.78, 5) is 13.1. The zero-order valence-electron chi connectivity index (χ0n) is 12.8. The molecule has 3 atom stereocenters. The Bertz CT molecular complexity index is 685. The van der Waals surface area contributed by atoms with Crippen molar-refractivity contribution in [3.8, 4) is 0 Å². The number of nitrogens with one attached hydrogen (secondary N) is 1. The maximum absolute atomic E-state index is 9.91. The molecule has 8 heteroatoms. The van der Waals surface area contributed by atoms with Crippen molar-refractivity contribution in [2.75, 3.05) is 11.9 Å². The summed E-state index contributed by atoms with van der Waals surface area (Å²) in [6.07, 6.45) is 6.78. The number of aliphatic hydroxyl groups is 2. The van der Waals surface area contributed by atoms with Crippen LogP contribution in [-0.2, 0) is 4.74 Å². The maximum Gasteiger partial charge on any atom is 0.167 e. The summed E-state index contributed by atoms with van der Waals surface area (Å²) in [6, 6.07) is 0.446. The Morgan fingerprint density at radius 3 is 2.83 bits per heavy atom. The van der Waals surface area contributed by atoms with Crippen LogP contribution in [0.15, 0.2) is 12.7 Å². The minimum atomic E-state index is -0.680. The summed E-state index contributed by atoms with van der Waals surface area (Å²) >= 11 is 0. The molecule has 4 rings (SSSR count). The predicted octanol–water partition coefficient (Wildman–Crippen LogP) is 0.821. The van der Waals surface area contributed by atoms with Gasteiger partial charge in [0, 0.05) is 12.5 Å². The number of ether oxygens (including phenoxy) is 1. The van der Waals surface area contributed by atoms with E-state index in [9.17, 15) is 10.2 Å². The zero-order valence-corrected chi connectivity index (χ0v) is 12.8. The van der Waals surface area contributed by atoms with Crippen molar-refractivity contribution < 1.29 is 14.9 Å². The molecule has 124 valence electrons. The monoisotopic (exact) mass is 319 g/mol. The van der Waals surface area contributed by atoms with Crippen LogP contribution in [0.1, 0.15) is 38.3 Å². The van der Waals surface area contributed by atoms with E-state index < -0.39 is 12.2 Å². The van der Waals surface area contributed by atoms with Gasteiger partial charge in [-0.25, -0.2) is 15.0 Å². The first-order chi connectivity index (χ1) is 11.3. The highest BCUT2D eigenvalue weighted by Gasteiger charge is 2.35. The average Bonchev–Trinajstić information content (AvgIpc) is 3.26. The van der Waals surface area contributed by atoms with Crippen molar-refractivity contribution >= 4 is 17.0 Å². The highest BCUT2D eigenvalue weighted by molar-refractivity contribution is 5.82. The normalized spacial score (nSPS) is 28.7. The lowest BCUT2D eigenvalue weighted by atomic mass is 10.2. The van der Waals surface area contributed by atoms with E-state index in [0.717, 1.165) is 18.7 Å². The van der Waals surface area contributed by atoms with Gasteiger partial charge >= 0.3 is 0 Å². The number of imidazole rings is 1. The molecule has 1 saturated heterocycles. The minimum Gasteiger partial charge on any atom is -0.394 e. The Labute approximate surface area is 133 Å². The van der Waals surface area contributed by atoms with Crippen LogP contribution < -0.4 is 5.32 Å². The van der Waals surface area contributed by atoms with Gasteiger partial charge in [-0.15, -0.1) is 0 Å². The van der Waals surface area contributed by atoms with Gasteiger partial charge < -0.3 is 20.3 Å². The Morgan fingerprint density at radius 2 is 2.09 bits per heavy atom. The van der Waals surface area contributed by atoms with Crippen LogP contribution in [0.5, 0.6) is 0 Å². The summed E-state index contributed by atoms with van der Waals surface area (Å²) in [5.74, 6) is 0.748. The lowest BCUT2D eigenvalue weighted by Crippen LogP contribution is -2.24. The third-order valence-electron chi connectivity index (χ3n) is 4.75. The molecule has 2 aromatic rings. The van der Waals surface area contributed by atoms with Crippen LogP contribution in [0.2, 0.25) is 0 Å². The molecule has 1 saturated carbocycles. The average molecular weight is 319 g/mol. The van der Waals surface area contributed by atoms with E-state index in [2.05, 4.69) is 20.3 Å². The summed E-state index contributed by atoms with van der Waals surface area (Å²) in [5.41, 5.74) is 1.39. The molecule has 2 aromatic heterocycles. The Kier molecular flexibility index (Phi) is 3.88. The number of hydrogen-bond donors (Lipinski definition) is 3. The molecule has 2 aliphatic rings. The second-order valence-electron chi connectivity index (χ2n) is 6.29. The van der Waals surface area contributed by atoms with Crippen molar-refractivity contribution in [2.45, 2.75) is 56.6 Å². The Balaban J connectivity index is 1.62. The topological polar surface area (TPSA) is 105 Å². The van der Waals surface area contributed by atoms with E-state index >= 15 is 0 Å². The van der Waals surface area contributed by atoms with Crippen molar-refractivity contribution in [2.24, 2.45) is 0 Å². The van der Waals surface area contributed by atoms with Crippen molar-refractivity contribution in [1.29, 1.82) is 0 Å². The van der Waals surface area contributed by atoms with Crippen LogP contribution in [0, 0.1) is 0 Å². The third kappa shape index (κ3) is 2.66. The van der Waals surface area contributed by atoms with Crippen molar-refractivity contribution in [3.05, 3.63) is 12.7 Å². The second-order valence-corrected chi connectivity index (χ2v) is 6.29. The van der Waals surface area contributed by atoms with Gasteiger partial charge in [-0.2, -0.15) is 0 Å². The minimum absolute atomic E-state index is 0.201. The lowest BCUT2D eigenvalue weighted by Gasteiger charge is -2.14. The number of fused-ring (bicyclic) bond motifs is 1. The van der Waals surface area contributed by atoms with Crippen LogP contribution >= 0.6 is 0 Å². The number of aliphatic hydroxyl groups excluding tert-OH is 2. The number of aromatic nitrogens is 4. The molecule has 1 aliphatic heterocycles. The van der Waals surface area contributed by atoms with Gasteiger partial charge in [0.2, 0.25) is 0 Å². The fourth-order valence-corrected chi connectivity index (χ4v) is 3.48. The van der Waals surface area contributed by atoms with E-state index in [0.29, 0.717) is 23.6 Å². The van der Waals surface area contributed by atoms with Gasteiger partial charge in [-0.3, -0.25) is 4.57 Å². The molecule has 8 nitrogen and oxygen atoms in total. The van der Waals surface area contributed by atoms with E-state index in [-0.39, 0.29) is 12.8 Å². The molecule has 0 amide bonds. The van der Waals surface area contributed by atoms with Gasteiger partial charge in [0.05, 0.1) is 19.0 Å². The SMILES string of the molecule is OC[C@H]1O[C@@H](n2cnc3c(NC4CCCC4)ncnc32)C[C@@H]1O. The van der Waals surface area contributed by atoms with E-state index in [4.69, 9.17) is 4.74 Å². The number of hydrogen-bond acceptors (Lipinski definition) is 7. The first kappa shape index (κ1) is 14.8. The maximum atomic E-state index is 9.91. The van der Waals surface area contributed by atoms with Crippen LogP contribution in [-0.4, -0.2) is 54.6 Å². The van der Waals surface area contributed by atoms with Crippen molar-refractivity contribution in [3.63, 3.8) is 0 Å². The largest absolute Gasteiger partial charge is 0.394 e. The lowest BCUT2D eigenvalue weighted by molar-refractivity contribution is -0.0432. The van der Waals surface area contributed by atoms with Crippen LogP contribution in [0.3, 0.4) is 0 Å². The molecule has 0 spiro atoms. The van der Waals surface area contributed by atoms with Gasteiger partial charge in [0.1, 0.15) is 18.7 Å². The Hall–Kier alpha value is -1.77. The predicted molar refractivity (Wildman–Crippen MR) is 82.8 cm³/mol. The zero-order chi connectivity index (χ0) is 15.8. The van der Waals surface area contributed by atoms with Crippen LogP contribution in [0.25, 0.3) is 11.2 Å². The summed E-state index contributed by atoms with van der Waals surface area (Å²) in [6.45, 7) is -0.201. The molecule has 3 N–H and O–H groups in total. The second kappa shape index (κ2) is 6.03. The molecule has 0 radical (unpaired) electrons. The van der Waals surface area contributed by atoms with Crippen molar-refractivity contribution in [1.82, 2.24) is 19.5 Å². The first-order valence-electron chi connectivity index (χ1n) is 8.14. The van der Waals surface area contributed by atoms with Gasteiger partial charge in [-0.1, -0.05) is 12.8 Å². The molecular formula is C15H21N5O3. The molecule has 2 fully saturated rings. The van der Waals surface area contributed by atoms with Crippen LogP contribution in [0.4, 0.5) is 5.82 Å². The number of nitrogens with zero attached hydrogens (tertiary/aromatic N) is 4. The molecule has 1 aliphatic carbocycles. The highest BCUT2D eigenvalue weighted by Crippen LogP contribution is 2.32. The molecule has 3 heterocycles.